The highest BCUT2D eigenvalue weighted by molar-refractivity contribution is 6.08. The number of hydrogen-bond donors (Lipinski definition) is 1. The molecule has 1 aliphatic rings. The van der Waals surface area contributed by atoms with Gasteiger partial charge in [0.15, 0.2) is 17.5 Å². The van der Waals surface area contributed by atoms with Gasteiger partial charge in [0, 0.05) is 22.3 Å². The summed E-state index contributed by atoms with van der Waals surface area (Å²) in [4.78, 5) is 20.7. The van der Waals surface area contributed by atoms with Crippen molar-refractivity contribution in [3.63, 3.8) is 0 Å². The Hall–Kier alpha value is -7.76. The van der Waals surface area contributed by atoms with E-state index in [0.717, 1.165) is 72.4 Å². The van der Waals surface area contributed by atoms with Gasteiger partial charge in [-0.2, -0.15) is 0 Å². The number of nitrogens with zero attached hydrogens (tertiary/aromatic N) is 4. The van der Waals surface area contributed by atoms with Crippen LogP contribution in [0.4, 0.5) is 0 Å². The molecule has 0 saturated heterocycles. The van der Waals surface area contributed by atoms with E-state index in [9.17, 15) is 0 Å². The van der Waals surface area contributed by atoms with Crippen LogP contribution in [0.25, 0.3) is 72.9 Å². The Balaban J connectivity index is 1.12. The Morgan fingerprint density at radius 2 is 0.897 bits per heavy atom. The summed E-state index contributed by atoms with van der Waals surface area (Å²) in [6.07, 6.45) is 2.21. The molecule has 1 aliphatic heterocycles. The van der Waals surface area contributed by atoms with Crippen molar-refractivity contribution < 1.29 is 0 Å². The lowest BCUT2D eigenvalue weighted by molar-refractivity contribution is 0.781. The lowest BCUT2D eigenvalue weighted by Gasteiger charge is -2.25. The first-order valence-corrected chi connectivity index (χ1v) is 19.5. The second kappa shape index (κ2) is 15.4. The number of aromatic nitrogens is 3. The topological polar surface area (TPSA) is 63.1 Å². The lowest BCUT2D eigenvalue weighted by Crippen LogP contribution is -2.31. The Kier molecular flexibility index (Phi) is 9.22. The standard InChI is InChI=1S/C53H37N5/c1-5-19-37(20-6-1)47-35-48(38-21-7-2-8-22-38)55-52(54-47)46-31-16-15-29-43(46)41-27-17-28-42(34-41)45-33-32-36-18-13-14-30-44(36)49(45)53-57-50(39-23-9-3-10-24-39)56-51(58-53)40-25-11-4-12-26-40/h1-35,47H,(H,54,55). The van der Waals surface area contributed by atoms with Gasteiger partial charge in [-0.25, -0.2) is 19.9 Å². The van der Waals surface area contributed by atoms with Crippen molar-refractivity contribution in [2.75, 3.05) is 0 Å². The Morgan fingerprint density at radius 3 is 1.57 bits per heavy atom. The molecule has 8 aromatic carbocycles. The van der Waals surface area contributed by atoms with E-state index in [2.05, 4.69) is 151 Å². The third-order valence-corrected chi connectivity index (χ3v) is 10.6. The molecular weight excluding hydrogens is 707 g/mol. The van der Waals surface area contributed by atoms with E-state index < -0.39 is 0 Å². The molecule has 0 amide bonds. The first-order chi connectivity index (χ1) is 28.7. The van der Waals surface area contributed by atoms with Gasteiger partial charge in [0.05, 0.1) is 11.7 Å². The third-order valence-electron chi connectivity index (χ3n) is 10.6. The van der Waals surface area contributed by atoms with Crippen molar-refractivity contribution in [2.24, 2.45) is 4.99 Å². The molecule has 1 atom stereocenters. The molecule has 9 aromatic rings. The van der Waals surface area contributed by atoms with Crippen LogP contribution in [0, 0.1) is 0 Å². The quantitative estimate of drug-likeness (QED) is 0.168. The van der Waals surface area contributed by atoms with Crippen molar-refractivity contribution in [2.45, 2.75) is 6.04 Å². The smallest absolute Gasteiger partial charge is 0.165 e. The van der Waals surface area contributed by atoms with Crippen LogP contribution in [0.1, 0.15) is 22.7 Å². The molecule has 1 unspecified atom stereocenters. The summed E-state index contributed by atoms with van der Waals surface area (Å²) in [6.45, 7) is 0. The van der Waals surface area contributed by atoms with Crippen LogP contribution in [0.5, 0.6) is 0 Å². The molecule has 0 saturated carbocycles. The predicted molar refractivity (Wildman–Crippen MR) is 238 cm³/mol. The molecule has 0 bridgehead atoms. The van der Waals surface area contributed by atoms with E-state index in [0.29, 0.717) is 17.5 Å². The van der Waals surface area contributed by atoms with Gasteiger partial charge in [0.2, 0.25) is 0 Å². The van der Waals surface area contributed by atoms with Crippen LogP contribution < -0.4 is 5.32 Å². The van der Waals surface area contributed by atoms with E-state index >= 15 is 0 Å². The monoisotopic (exact) mass is 743 g/mol. The molecule has 1 N–H and O–H groups in total. The third kappa shape index (κ3) is 6.86. The zero-order valence-electron chi connectivity index (χ0n) is 31.6. The fourth-order valence-corrected chi connectivity index (χ4v) is 7.75. The van der Waals surface area contributed by atoms with Gasteiger partial charge in [-0.05, 0) is 56.3 Å². The minimum absolute atomic E-state index is 0.0506. The Bertz CT molecular complexity index is 2900. The van der Waals surface area contributed by atoms with Crippen LogP contribution in [-0.4, -0.2) is 20.8 Å². The highest BCUT2D eigenvalue weighted by Gasteiger charge is 2.23. The van der Waals surface area contributed by atoms with E-state index in [1.54, 1.807) is 0 Å². The summed E-state index contributed by atoms with van der Waals surface area (Å²) in [7, 11) is 0. The van der Waals surface area contributed by atoms with Crippen molar-refractivity contribution in [1.29, 1.82) is 0 Å². The van der Waals surface area contributed by atoms with Gasteiger partial charge in [-0.15, -0.1) is 0 Å². The maximum atomic E-state index is 5.26. The molecule has 0 radical (unpaired) electrons. The van der Waals surface area contributed by atoms with Gasteiger partial charge in [-0.3, -0.25) is 0 Å². The highest BCUT2D eigenvalue weighted by atomic mass is 15.1. The largest absolute Gasteiger partial charge is 0.359 e. The SMILES string of the molecule is C1=C(c2ccccc2)N=C(c2ccccc2-c2cccc(-c3ccc4ccccc4c3-c3nc(-c4ccccc4)nc(-c4ccccc4)n3)c2)NC1c1ccccc1. The van der Waals surface area contributed by atoms with Crippen LogP contribution in [0.2, 0.25) is 0 Å². The summed E-state index contributed by atoms with van der Waals surface area (Å²) in [5, 5.41) is 5.97. The van der Waals surface area contributed by atoms with Gasteiger partial charge in [-0.1, -0.05) is 200 Å². The predicted octanol–water partition coefficient (Wildman–Crippen LogP) is 12.5. The van der Waals surface area contributed by atoms with Crippen molar-refractivity contribution >= 4 is 22.3 Å². The number of benzene rings is 8. The molecular formula is C53H37N5. The molecule has 274 valence electrons. The summed E-state index contributed by atoms with van der Waals surface area (Å²) in [6, 6.07) is 71.3. The van der Waals surface area contributed by atoms with Crippen LogP contribution in [0.15, 0.2) is 217 Å². The molecule has 0 aliphatic carbocycles. The minimum Gasteiger partial charge on any atom is -0.359 e. The van der Waals surface area contributed by atoms with Crippen LogP contribution in [0.3, 0.4) is 0 Å². The van der Waals surface area contributed by atoms with Gasteiger partial charge in [0.1, 0.15) is 5.84 Å². The average molecular weight is 744 g/mol. The number of amidine groups is 1. The second-order valence-corrected chi connectivity index (χ2v) is 14.3. The van der Waals surface area contributed by atoms with Crippen LogP contribution in [-0.2, 0) is 0 Å². The number of fused-ring (bicyclic) bond motifs is 1. The molecule has 2 heterocycles. The molecule has 0 fully saturated rings. The van der Waals surface area contributed by atoms with E-state index in [4.69, 9.17) is 19.9 Å². The van der Waals surface area contributed by atoms with Gasteiger partial charge < -0.3 is 5.32 Å². The molecule has 0 spiro atoms. The minimum atomic E-state index is -0.0506. The van der Waals surface area contributed by atoms with E-state index in [-0.39, 0.29) is 6.04 Å². The van der Waals surface area contributed by atoms with Crippen molar-refractivity contribution in [3.8, 4) is 56.4 Å². The number of hydrogen-bond acceptors (Lipinski definition) is 5. The maximum Gasteiger partial charge on any atom is 0.165 e. The number of rotatable bonds is 8. The number of nitrogens with one attached hydrogen (secondary N) is 1. The van der Waals surface area contributed by atoms with Gasteiger partial charge in [0.25, 0.3) is 0 Å². The first-order valence-electron chi connectivity index (χ1n) is 19.5. The normalized spacial score (nSPS) is 13.7. The zero-order valence-corrected chi connectivity index (χ0v) is 31.6. The van der Waals surface area contributed by atoms with Crippen molar-refractivity contribution in [3.05, 3.63) is 229 Å². The van der Waals surface area contributed by atoms with E-state index in [1.165, 1.54) is 5.56 Å². The molecule has 1 aromatic heterocycles. The molecule has 5 nitrogen and oxygen atoms in total. The fourth-order valence-electron chi connectivity index (χ4n) is 7.75. The van der Waals surface area contributed by atoms with Crippen LogP contribution >= 0.6 is 0 Å². The summed E-state index contributed by atoms with van der Waals surface area (Å²) < 4.78 is 0. The van der Waals surface area contributed by atoms with Gasteiger partial charge >= 0.3 is 0 Å². The van der Waals surface area contributed by atoms with E-state index in [1.807, 2.05) is 66.7 Å². The summed E-state index contributed by atoms with van der Waals surface area (Å²) in [5.74, 6) is 2.71. The van der Waals surface area contributed by atoms with Crippen molar-refractivity contribution in [1.82, 2.24) is 20.3 Å². The summed E-state index contributed by atoms with van der Waals surface area (Å²) >= 11 is 0. The second-order valence-electron chi connectivity index (χ2n) is 14.3. The Morgan fingerprint density at radius 1 is 0.379 bits per heavy atom. The Labute approximate surface area is 337 Å². The first kappa shape index (κ1) is 34.7. The fraction of sp³-hybridized carbons (Fsp3) is 0.0189. The summed E-state index contributed by atoms with van der Waals surface area (Å²) in [5.41, 5.74) is 11.3. The highest BCUT2D eigenvalue weighted by Crippen LogP contribution is 2.40. The molecule has 10 rings (SSSR count). The average Bonchev–Trinajstić information content (AvgIpc) is 3.32. The zero-order chi connectivity index (χ0) is 38.7. The number of aliphatic imine (C=N–C) groups is 1. The lowest BCUT2D eigenvalue weighted by atomic mass is 9.90. The molecule has 5 heteroatoms. The maximum absolute atomic E-state index is 5.26. The molecule has 58 heavy (non-hydrogen) atoms.